The van der Waals surface area contributed by atoms with Gasteiger partial charge in [0.1, 0.15) is 18.5 Å². The van der Waals surface area contributed by atoms with Crippen LogP contribution in [0, 0.1) is 0 Å². The summed E-state index contributed by atoms with van der Waals surface area (Å²) in [6.45, 7) is -0.669. The fraction of sp³-hybridized carbons (Fsp3) is 0.727. The highest BCUT2D eigenvalue weighted by molar-refractivity contribution is 6.41. The summed E-state index contributed by atoms with van der Waals surface area (Å²) in [6, 6.07) is -0.673. The zero-order valence-corrected chi connectivity index (χ0v) is 10.7. The number of aliphatic hydroxyl groups excluding tert-OH is 1. The molecule has 0 aromatic carbocycles. The third-order valence-corrected chi connectivity index (χ3v) is 4.62. The van der Waals surface area contributed by atoms with Gasteiger partial charge in [-0.15, -0.1) is 0 Å². The van der Waals surface area contributed by atoms with Crippen molar-refractivity contribution in [1.29, 1.82) is 0 Å². The van der Waals surface area contributed by atoms with Gasteiger partial charge in [-0.2, -0.15) is 5.10 Å². The molecule has 0 spiro atoms. The largest absolute Gasteiger partial charge is 0.393 e. The van der Waals surface area contributed by atoms with Crippen molar-refractivity contribution < 1.29 is 23.7 Å². The average Bonchev–Trinajstić information content (AvgIpc) is 2.82. The van der Waals surface area contributed by atoms with E-state index >= 15 is 0 Å². The molecule has 0 aromatic heterocycles. The van der Waals surface area contributed by atoms with Crippen LogP contribution in [0.15, 0.2) is 15.1 Å². The molecule has 1 aliphatic carbocycles. The lowest BCUT2D eigenvalue weighted by molar-refractivity contribution is -0.0806. The number of nitrogens with two attached hydrogens (primary N) is 1. The van der Waals surface area contributed by atoms with E-state index in [2.05, 4.69) is 15.1 Å². The van der Waals surface area contributed by atoms with Crippen LogP contribution in [0.5, 0.6) is 0 Å². The summed E-state index contributed by atoms with van der Waals surface area (Å²) in [6.07, 6.45) is -3.91. The van der Waals surface area contributed by atoms with E-state index < -0.39 is 42.3 Å². The minimum Gasteiger partial charge on any atom is -0.393 e. The number of aliphatic imine (C=N–C) groups is 2. The van der Waals surface area contributed by atoms with E-state index in [-0.39, 0.29) is 12.4 Å². The number of hydrogen-bond donors (Lipinski definition) is 3. The fourth-order valence-electron chi connectivity index (χ4n) is 3.34. The number of hydrogen-bond acceptors (Lipinski definition) is 8. The first-order valence-electron chi connectivity index (χ1n) is 6.46. The SMILES string of the molecule is NC1=NC=NN2C1=NCC2[C@@H]1O[C@@]2(CO)C(F)[C@]2(O)[C@H]1F. The molecular weight excluding hydrogens is 288 g/mol. The molecule has 4 N–H and O–H groups in total. The lowest BCUT2D eigenvalue weighted by Crippen LogP contribution is -2.51. The molecule has 2 unspecified atom stereocenters. The zero-order valence-electron chi connectivity index (χ0n) is 10.7. The van der Waals surface area contributed by atoms with E-state index in [1.54, 1.807) is 0 Å². The van der Waals surface area contributed by atoms with E-state index in [4.69, 9.17) is 10.5 Å². The number of ether oxygens (including phenoxy) is 1. The first-order valence-corrected chi connectivity index (χ1v) is 6.46. The number of alkyl halides is 2. The molecule has 0 aromatic rings. The van der Waals surface area contributed by atoms with E-state index in [0.717, 1.165) is 0 Å². The summed E-state index contributed by atoms with van der Waals surface area (Å²) in [7, 11) is 0. The van der Waals surface area contributed by atoms with Crippen molar-refractivity contribution in [3.8, 4) is 0 Å². The molecule has 3 aliphatic heterocycles. The van der Waals surface area contributed by atoms with Crippen LogP contribution in [0.3, 0.4) is 0 Å². The first-order chi connectivity index (χ1) is 9.97. The van der Waals surface area contributed by atoms with Gasteiger partial charge in [0, 0.05) is 0 Å². The van der Waals surface area contributed by atoms with Crippen molar-refractivity contribution in [2.45, 2.75) is 35.7 Å². The minimum atomic E-state index is -2.31. The molecule has 6 atom stereocenters. The highest BCUT2D eigenvalue weighted by atomic mass is 19.2. The molecule has 4 rings (SSSR count). The highest BCUT2D eigenvalue weighted by Crippen LogP contribution is 2.63. The third-order valence-electron chi connectivity index (χ3n) is 4.62. The lowest BCUT2D eigenvalue weighted by atomic mass is 10.0. The summed E-state index contributed by atoms with van der Waals surface area (Å²) >= 11 is 0. The Kier molecular flexibility index (Phi) is 2.33. The van der Waals surface area contributed by atoms with Crippen LogP contribution in [-0.2, 0) is 4.74 Å². The maximum Gasteiger partial charge on any atom is 0.188 e. The molecule has 0 bridgehead atoms. The van der Waals surface area contributed by atoms with Gasteiger partial charge in [0.2, 0.25) is 0 Å². The Morgan fingerprint density at radius 1 is 1.52 bits per heavy atom. The number of fused-ring (bicyclic) bond motifs is 2. The quantitative estimate of drug-likeness (QED) is 0.542. The van der Waals surface area contributed by atoms with Gasteiger partial charge in [-0.25, -0.2) is 18.8 Å². The molecule has 1 saturated carbocycles. The number of halogens is 2. The van der Waals surface area contributed by atoms with Crippen LogP contribution in [0.4, 0.5) is 8.78 Å². The second kappa shape index (κ2) is 3.76. The van der Waals surface area contributed by atoms with Crippen LogP contribution in [0.2, 0.25) is 0 Å². The summed E-state index contributed by atoms with van der Waals surface area (Å²) in [5.74, 6) is 0.436. The van der Waals surface area contributed by atoms with Crippen molar-refractivity contribution in [2.75, 3.05) is 13.2 Å². The van der Waals surface area contributed by atoms with Crippen molar-refractivity contribution in [3.63, 3.8) is 0 Å². The second-order valence-corrected chi connectivity index (χ2v) is 5.54. The molecule has 4 aliphatic rings. The van der Waals surface area contributed by atoms with Crippen molar-refractivity contribution in [3.05, 3.63) is 0 Å². The summed E-state index contributed by atoms with van der Waals surface area (Å²) in [5.41, 5.74) is 1.45. The predicted molar refractivity (Wildman–Crippen MR) is 67.5 cm³/mol. The van der Waals surface area contributed by atoms with E-state index in [9.17, 15) is 19.0 Å². The molecule has 8 nitrogen and oxygen atoms in total. The van der Waals surface area contributed by atoms with Gasteiger partial charge >= 0.3 is 0 Å². The van der Waals surface area contributed by atoms with Gasteiger partial charge in [-0.05, 0) is 0 Å². The molecule has 2 fully saturated rings. The fourth-order valence-corrected chi connectivity index (χ4v) is 3.34. The Balaban J connectivity index is 1.61. The molecule has 21 heavy (non-hydrogen) atoms. The van der Waals surface area contributed by atoms with Gasteiger partial charge in [0.05, 0.1) is 13.2 Å². The van der Waals surface area contributed by atoms with Crippen LogP contribution >= 0.6 is 0 Å². The molecule has 114 valence electrons. The second-order valence-electron chi connectivity index (χ2n) is 5.54. The minimum absolute atomic E-state index is 0.128. The van der Waals surface area contributed by atoms with Gasteiger partial charge in [-0.3, -0.25) is 4.99 Å². The van der Waals surface area contributed by atoms with Crippen molar-refractivity contribution >= 4 is 18.0 Å². The first kappa shape index (κ1) is 13.0. The third kappa shape index (κ3) is 1.26. The van der Waals surface area contributed by atoms with Gasteiger partial charge in [0.25, 0.3) is 0 Å². The van der Waals surface area contributed by atoms with Crippen LogP contribution in [0.1, 0.15) is 0 Å². The van der Waals surface area contributed by atoms with Crippen molar-refractivity contribution in [2.24, 2.45) is 20.8 Å². The molecule has 0 amide bonds. The summed E-state index contributed by atoms with van der Waals surface area (Å²) in [4.78, 5) is 7.90. The van der Waals surface area contributed by atoms with E-state index in [1.165, 1.54) is 11.3 Å². The van der Waals surface area contributed by atoms with Crippen molar-refractivity contribution in [1.82, 2.24) is 5.01 Å². The number of amidine groups is 2. The topological polar surface area (TPSA) is 116 Å². The molecule has 3 heterocycles. The average molecular weight is 301 g/mol. The van der Waals surface area contributed by atoms with Gasteiger partial charge in [0.15, 0.2) is 35.2 Å². The lowest BCUT2D eigenvalue weighted by Gasteiger charge is -2.31. The number of nitrogens with zero attached hydrogens (tertiary/aromatic N) is 4. The zero-order chi connectivity index (χ0) is 15.0. The standard InChI is InChI=1S/C11H13F2N5O3/c12-6-5(21-10(2-19)9(13)11(6,10)20)4-1-15-8-7(14)16-3-17-18(4)8/h3-6,9,19-20H,1-2H2,(H2,14,16,17)/t4?,5-,6-,9?,10-,11+/m0/s1. The number of rotatable bonds is 2. The number of aliphatic hydroxyl groups is 2. The maximum absolute atomic E-state index is 14.5. The van der Waals surface area contributed by atoms with Crippen LogP contribution < -0.4 is 5.73 Å². The molecule has 0 radical (unpaired) electrons. The van der Waals surface area contributed by atoms with Gasteiger partial charge < -0.3 is 20.7 Å². The van der Waals surface area contributed by atoms with E-state index in [0.29, 0.717) is 5.84 Å². The van der Waals surface area contributed by atoms with Crippen LogP contribution in [0.25, 0.3) is 0 Å². The van der Waals surface area contributed by atoms with Gasteiger partial charge in [-0.1, -0.05) is 0 Å². The summed E-state index contributed by atoms with van der Waals surface area (Å²) < 4.78 is 33.5. The Labute approximate surface area is 117 Å². The monoisotopic (exact) mass is 301 g/mol. The summed E-state index contributed by atoms with van der Waals surface area (Å²) in [5, 5.41) is 24.6. The van der Waals surface area contributed by atoms with Crippen LogP contribution in [-0.4, -0.2) is 82.1 Å². The molecular formula is C11H13F2N5O3. The normalized spacial score (nSPS) is 50.6. The highest BCUT2D eigenvalue weighted by Gasteiger charge is 2.89. The van der Waals surface area contributed by atoms with E-state index in [1.807, 2.05) is 0 Å². The number of hydrazone groups is 1. The Hall–Kier alpha value is -1.65. The maximum atomic E-state index is 14.5. The Morgan fingerprint density at radius 2 is 2.29 bits per heavy atom. The predicted octanol–water partition coefficient (Wildman–Crippen LogP) is -2.07. The molecule has 10 heteroatoms. The Morgan fingerprint density at radius 3 is 2.95 bits per heavy atom. The molecule has 1 saturated heterocycles. The smallest absolute Gasteiger partial charge is 0.188 e. The Bertz CT molecular complexity index is 594.